The summed E-state index contributed by atoms with van der Waals surface area (Å²) in [6.45, 7) is 8.35. The zero-order valence-electron chi connectivity index (χ0n) is 11.6. The molecule has 1 heterocycles. The van der Waals surface area contributed by atoms with E-state index in [9.17, 15) is 0 Å². The highest BCUT2D eigenvalue weighted by molar-refractivity contribution is 5.44. The Kier molecular flexibility index (Phi) is 6.43. The third kappa shape index (κ3) is 5.82. The van der Waals surface area contributed by atoms with Gasteiger partial charge in [-0.3, -0.25) is 0 Å². The summed E-state index contributed by atoms with van der Waals surface area (Å²) in [5, 5.41) is 3.27. The first-order chi connectivity index (χ1) is 8.61. The van der Waals surface area contributed by atoms with Crippen molar-refractivity contribution >= 4 is 11.6 Å². The Morgan fingerprint density at radius 2 is 2.17 bits per heavy atom. The zero-order chi connectivity index (χ0) is 13.4. The Hall–Kier alpha value is -1.36. The van der Waals surface area contributed by atoms with E-state index in [4.69, 9.17) is 10.5 Å². The molecule has 5 nitrogen and oxygen atoms in total. The van der Waals surface area contributed by atoms with Crippen molar-refractivity contribution in [1.82, 2.24) is 9.97 Å². The lowest BCUT2D eigenvalue weighted by atomic mass is 10.1. The maximum Gasteiger partial charge on any atom is 0.158 e. The molecule has 1 aromatic rings. The highest BCUT2D eigenvalue weighted by Gasteiger charge is 2.02. The first-order valence-electron chi connectivity index (χ1n) is 6.56. The lowest BCUT2D eigenvalue weighted by Gasteiger charge is -2.09. The lowest BCUT2D eigenvalue weighted by molar-refractivity contribution is 0.128. The topological polar surface area (TPSA) is 73.1 Å². The van der Waals surface area contributed by atoms with Gasteiger partial charge in [-0.2, -0.15) is 0 Å². The molecule has 0 bridgehead atoms. The van der Waals surface area contributed by atoms with Gasteiger partial charge in [-0.25, -0.2) is 9.97 Å². The maximum absolute atomic E-state index is 5.74. The molecule has 0 unspecified atom stereocenters. The second kappa shape index (κ2) is 7.87. The van der Waals surface area contributed by atoms with E-state index < -0.39 is 0 Å². The van der Waals surface area contributed by atoms with Gasteiger partial charge in [-0.1, -0.05) is 13.8 Å². The molecule has 5 heteroatoms. The zero-order valence-corrected chi connectivity index (χ0v) is 11.6. The van der Waals surface area contributed by atoms with Crippen LogP contribution in [0.25, 0.3) is 0 Å². The van der Waals surface area contributed by atoms with Crippen LogP contribution < -0.4 is 11.1 Å². The summed E-state index contributed by atoms with van der Waals surface area (Å²) >= 11 is 0. The minimum absolute atomic E-state index is 0.405. The molecule has 0 aliphatic rings. The molecule has 1 rings (SSSR count). The first-order valence-corrected chi connectivity index (χ1v) is 6.56. The first kappa shape index (κ1) is 14.7. The van der Waals surface area contributed by atoms with Gasteiger partial charge >= 0.3 is 0 Å². The molecule has 18 heavy (non-hydrogen) atoms. The van der Waals surface area contributed by atoms with E-state index in [0.29, 0.717) is 24.9 Å². The van der Waals surface area contributed by atoms with Gasteiger partial charge in [0.15, 0.2) is 5.82 Å². The van der Waals surface area contributed by atoms with Crippen LogP contribution in [0.4, 0.5) is 11.6 Å². The fourth-order valence-electron chi connectivity index (χ4n) is 1.59. The van der Waals surface area contributed by atoms with Gasteiger partial charge in [0.2, 0.25) is 0 Å². The molecule has 0 saturated carbocycles. The SMILES string of the molecule is CCOCc1nc(N)cc(NCCCC(C)C)n1. The van der Waals surface area contributed by atoms with Crippen molar-refractivity contribution in [3.8, 4) is 0 Å². The Morgan fingerprint density at radius 1 is 1.39 bits per heavy atom. The lowest BCUT2D eigenvalue weighted by Crippen LogP contribution is -2.09. The number of nitrogen functional groups attached to an aromatic ring is 1. The van der Waals surface area contributed by atoms with E-state index in [1.165, 1.54) is 6.42 Å². The fraction of sp³-hybridized carbons (Fsp3) is 0.692. The van der Waals surface area contributed by atoms with Gasteiger partial charge in [-0.05, 0) is 25.7 Å². The number of nitrogens with zero attached hydrogens (tertiary/aromatic N) is 2. The van der Waals surface area contributed by atoms with E-state index in [1.54, 1.807) is 6.07 Å². The van der Waals surface area contributed by atoms with Gasteiger partial charge in [0.05, 0.1) is 0 Å². The smallest absolute Gasteiger partial charge is 0.158 e. The summed E-state index contributed by atoms with van der Waals surface area (Å²) in [7, 11) is 0. The van der Waals surface area contributed by atoms with E-state index in [0.717, 1.165) is 24.7 Å². The molecule has 0 amide bonds. The average Bonchev–Trinajstić information content (AvgIpc) is 2.31. The molecule has 0 fully saturated rings. The van der Waals surface area contributed by atoms with Crippen molar-refractivity contribution in [2.75, 3.05) is 24.2 Å². The summed E-state index contributed by atoms with van der Waals surface area (Å²) in [5.41, 5.74) is 5.74. The summed E-state index contributed by atoms with van der Waals surface area (Å²) < 4.78 is 5.28. The van der Waals surface area contributed by atoms with Crippen molar-refractivity contribution in [3.63, 3.8) is 0 Å². The molecule has 1 aromatic heterocycles. The molecule has 0 aliphatic heterocycles. The number of hydrogen-bond donors (Lipinski definition) is 2. The number of nitrogens with two attached hydrogens (primary N) is 1. The average molecular weight is 252 g/mol. The number of nitrogens with one attached hydrogen (secondary N) is 1. The van der Waals surface area contributed by atoms with E-state index in [1.807, 2.05) is 6.92 Å². The number of rotatable bonds is 8. The molecular weight excluding hydrogens is 228 g/mol. The van der Waals surface area contributed by atoms with Gasteiger partial charge < -0.3 is 15.8 Å². The quantitative estimate of drug-likeness (QED) is 0.695. The molecule has 0 saturated heterocycles. The van der Waals surface area contributed by atoms with E-state index in [-0.39, 0.29) is 0 Å². The Morgan fingerprint density at radius 3 is 2.83 bits per heavy atom. The van der Waals surface area contributed by atoms with E-state index >= 15 is 0 Å². The van der Waals surface area contributed by atoms with Crippen molar-refractivity contribution in [2.24, 2.45) is 5.92 Å². The fourth-order valence-corrected chi connectivity index (χ4v) is 1.59. The molecular formula is C13H24N4O. The van der Waals surface area contributed by atoms with Crippen molar-refractivity contribution in [3.05, 3.63) is 11.9 Å². The summed E-state index contributed by atoms with van der Waals surface area (Å²) in [6, 6.07) is 1.75. The van der Waals surface area contributed by atoms with Crippen molar-refractivity contribution < 1.29 is 4.74 Å². The molecule has 0 aliphatic carbocycles. The van der Waals surface area contributed by atoms with Crippen LogP contribution in [0.2, 0.25) is 0 Å². The third-order valence-electron chi connectivity index (χ3n) is 2.49. The normalized spacial score (nSPS) is 10.9. The molecule has 0 aromatic carbocycles. The van der Waals surface area contributed by atoms with Crippen molar-refractivity contribution in [2.45, 2.75) is 40.2 Å². The molecule has 0 atom stereocenters. The highest BCUT2D eigenvalue weighted by atomic mass is 16.5. The van der Waals surface area contributed by atoms with Crippen LogP contribution in [-0.4, -0.2) is 23.1 Å². The van der Waals surface area contributed by atoms with Crippen LogP contribution in [0, 0.1) is 5.92 Å². The van der Waals surface area contributed by atoms with Crippen LogP contribution in [0.5, 0.6) is 0 Å². The summed E-state index contributed by atoms with van der Waals surface area (Å²) in [6.07, 6.45) is 2.34. The minimum atomic E-state index is 0.405. The predicted octanol–water partition coefficient (Wildman–Crippen LogP) is 2.44. The Labute approximate surface area is 109 Å². The van der Waals surface area contributed by atoms with Gasteiger partial charge in [0, 0.05) is 19.2 Å². The van der Waals surface area contributed by atoms with Crippen LogP contribution in [0.15, 0.2) is 6.07 Å². The molecule has 3 N–H and O–H groups in total. The number of aromatic nitrogens is 2. The van der Waals surface area contributed by atoms with Gasteiger partial charge in [-0.15, -0.1) is 0 Å². The maximum atomic E-state index is 5.74. The third-order valence-corrected chi connectivity index (χ3v) is 2.49. The Bertz CT molecular complexity index is 355. The van der Waals surface area contributed by atoms with Crippen molar-refractivity contribution in [1.29, 1.82) is 0 Å². The number of hydrogen-bond acceptors (Lipinski definition) is 5. The highest BCUT2D eigenvalue weighted by Crippen LogP contribution is 2.10. The number of ether oxygens (including phenoxy) is 1. The van der Waals surface area contributed by atoms with Crippen LogP contribution >= 0.6 is 0 Å². The second-order valence-electron chi connectivity index (χ2n) is 4.69. The monoisotopic (exact) mass is 252 g/mol. The summed E-state index contributed by atoms with van der Waals surface area (Å²) in [4.78, 5) is 8.49. The minimum Gasteiger partial charge on any atom is -0.384 e. The van der Waals surface area contributed by atoms with Gasteiger partial charge in [0.25, 0.3) is 0 Å². The standard InChI is InChI=1S/C13H24N4O/c1-4-18-9-13-16-11(14)8-12(17-13)15-7-5-6-10(2)3/h8,10H,4-7,9H2,1-3H3,(H3,14,15,16,17). The van der Waals surface area contributed by atoms with Gasteiger partial charge in [0.1, 0.15) is 18.2 Å². The second-order valence-corrected chi connectivity index (χ2v) is 4.69. The Balaban J connectivity index is 2.46. The van der Waals surface area contributed by atoms with E-state index in [2.05, 4.69) is 29.1 Å². The van der Waals surface area contributed by atoms with Crippen LogP contribution in [-0.2, 0) is 11.3 Å². The van der Waals surface area contributed by atoms with Crippen LogP contribution in [0.3, 0.4) is 0 Å². The van der Waals surface area contributed by atoms with Crippen LogP contribution in [0.1, 0.15) is 39.4 Å². The number of anilines is 2. The largest absolute Gasteiger partial charge is 0.384 e. The molecule has 102 valence electrons. The molecule has 0 spiro atoms. The molecule has 0 radical (unpaired) electrons. The summed E-state index contributed by atoms with van der Waals surface area (Å²) in [5.74, 6) is 2.62. The predicted molar refractivity (Wildman–Crippen MR) is 74.3 cm³/mol.